The number of ether oxygens (including phenoxy) is 1. The zero-order valence-electron chi connectivity index (χ0n) is 12.0. The molecule has 0 saturated carbocycles. The first-order valence-corrected chi connectivity index (χ1v) is 7.48. The summed E-state index contributed by atoms with van der Waals surface area (Å²) in [5.74, 6) is -1.71. The summed E-state index contributed by atoms with van der Waals surface area (Å²) < 4.78 is 5.28. The molecule has 21 heavy (non-hydrogen) atoms. The van der Waals surface area contributed by atoms with Gasteiger partial charge in [0.05, 0.1) is 12.0 Å². The molecule has 1 aliphatic carbocycles. The number of esters is 1. The zero-order valence-corrected chi connectivity index (χ0v) is 12.0. The fourth-order valence-electron chi connectivity index (χ4n) is 4.01. The van der Waals surface area contributed by atoms with E-state index in [1.165, 1.54) is 0 Å². The molecule has 0 spiro atoms. The van der Waals surface area contributed by atoms with Gasteiger partial charge in [0.1, 0.15) is 0 Å². The maximum absolute atomic E-state index is 12.2. The number of fused-ring (bicyclic) bond motifs is 1. The Morgan fingerprint density at radius 2 is 2.29 bits per heavy atom. The van der Waals surface area contributed by atoms with Crippen molar-refractivity contribution >= 4 is 11.9 Å². The van der Waals surface area contributed by atoms with E-state index in [1.54, 1.807) is 6.92 Å². The van der Waals surface area contributed by atoms with E-state index in [1.807, 2.05) is 12.2 Å². The molecule has 5 atom stereocenters. The number of carbonyl (C=O) groups excluding carboxylic acids is 2. The highest BCUT2D eigenvalue weighted by molar-refractivity contribution is 6.01. The first-order valence-electron chi connectivity index (χ1n) is 7.48. The molecule has 2 aliphatic heterocycles. The summed E-state index contributed by atoms with van der Waals surface area (Å²) in [7, 11) is 0. The highest BCUT2D eigenvalue weighted by Gasteiger charge is 2.79. The lowest BCUT2D eigenvalue weighted by Gasteiger charge is -2.54. The summed E-state index contributed by atoms with van der Waals surface area (Å²) in [4.78, 5) is 24.3. The van der Waals surface area contributed by atoms with Gasteiger partial charge in [0.25, 0.3) is 0 Å². The molecule has 0 aromatic carbocycles. The Morgan fingerprint density at radius 1 is 1.52 bits per heavy atom. The van der Waals surface area contributed by atoms with E-state index < -0.39 is 29.1 Å². The monoisotopic (exact) mass is 295 g/mol. The van der Waals surface area contributed by atoms with Crippen LogP contribution in [0.5, 0.6) is 0 Å². The molecule has 6 nitrogen and oxygen atoms in total. The molecule has 0 radical (unpaired) electrons. The van der Waals surface area contributed by atoms with Crippen LogP contribution in [0.1, 0.15) is 32.6 Å². The van der Waals surface area contributed by atoms with Gasteiger partial charge in [0.15, 0.2) is 5.60 Å². The number of allylic oxidation sites excluding steroid dienone is 1. The van der Waals surface area contributed by atoms with Crippen molar-refractivity contribution in [1.29, 1.82) is 0 Å². The van der Waals surface area contributed by atoms with Crippen molar-refractivity contribution < 1.29 is 24.5 Å². The van der Waals surface area contributed by atoms with E-state index in [0.717, 1.165) is 19.3 Å². The van der Waals surface area contributed by atoms with E-state index >= 15 is 0 Å². The molecule has 2 heterocycles. The van der Waals surface area contributed by atoms with E-state index in [-0.39, 0.29) is 24.9 Å². The van der Waals surface area contributed by atoms with Crippen LogP contribution in [0.2, 0.25) is 0 Å². The Balaban J connectivity index is 1.94. The molecule has 0 aromatic heterocycles. The van der Waals surface area contributed by atoms with Crippen molar-refractivity contribution in [3.8, 4) is 0 Å². The van der Waals surface area contributed by atoms with Crippen LogP contribution in [-0.4, -0.2) is 45.9 Å². The van der Waals surface area contributed by atoms with Gasteiger partial charge >= 0.3 is 5.97 Å². The Bertz CT molecular complexity index is 504. The minimum absolute atomic E-state index is 0.166. The number of aliphatic hydroxyl groups is 2. The Hall–Kier alpha value is -1.40. The first-order chi connectivity index (χ1) is 9.97. The summed E-state index contributed by atoms with van der Waals surface area (Å²) in [6, 6.07) is 0. The van der Waals surface area contributed by atoms with Gasteiger partial charge in [-0.25, -0.2) is 4.79 Å². The van der Waals surface area contributed by atoms with Gasteiger partial charge in [-0.1, -0.05) is 12.2 Å². The average molecular weight is 295 g/mol. The number of nitrogens with one attached hydrogen (secondary N) is 1. The smallest absolute Gasteiger partial charge is 0.339 e. The number of hydrogen-bond donors (Lipinski definition) is 3. The minimum atomic E-state index is -1.38. The molecule has 3 N–H and O–H groups in total. The van der Waals surface area contributed by atoms with Crippen LogP contribution >= 0.6 is 0 Å². The summed E-state index contributed by atoms with van der Waals surface area (Å²) in [6.45, 7) is 1.50. The van der Waals surface area contributed by atoms with Gasteiger partial charge in [-0.2, -0.15) is 0 Å². The normalized spacial score (nSPS) is 42.8. The minimum Gasteiger partial charge on any atom is -0.453 e. The van der Waals surface area contributed by atoms with E-state index in [0.29, 0.717) is 0 Å². The average Bonchev–Trinajstić information content (AvgIpc) is 2.65. The lowest BCUT2D eigenvalue weighted by molar-refractivity contribution is -0.238. The molecule has 3 aliphatic rings. The molecular formula is C15H21NO5. The SMILES string of the molecule is C[C@@]12OC(=O)[C@]1(C(O)[C@@H]1C=CCCC1)NC(=O)[C@@H]2CCO. The van der Waals surface area contributed by atoms with Crippen LogP contribution < -0.4 is 5.32 Å². The van der Waals surface area contributed by atoms with Crippen LogP contribution in [0.25, 0.3) is 0 Å². The van der Waals surface area contributed by atoms with Gasteiger partial charge in [-0.3, -0.25) is 4.79 Å². The summed E-state index contributed by atoms with van der Waals surface area (Å²) in [5, 5.41) is 22.6. The van der Waals surface area contributed by atoms with E-state index in [2.05, 4.69) is 5.32 Å². The van der Waals surface area contributed by atoms with Gasteiger partial charge in [-0.15, -0.1) is 0 Å². The van der Waals surface area contributed by atoms with Crippen LogP contribution in [0.15, 0.2) is 12.2 Å². The fourth-order valence-corrected chi connectivity index (χ4v) is 4.01. The molecule has 3 rings (SSSR count). The second kappa shape index (κ2) is 4.81. The van der Waals surface area contributed by atoms with Gasteiger partial charge in [-0.05, 0) is 32.6 Å². The van der Waals surface area contributed by atoms with Crippen molar-refractivity contribution in [1.82, 2.24) is 5.32 Å². The predicted molar refractivity (Wildman–Crippen MR) is 73.1 cm³/mol. The zero-order chi connectivity index (χ0) is 15.3. The van der Waals surface area contributed by atoms with Crippen molar-refractivity contribution in [2.45, 2.75) is 49.9 Å². The summed E-state index contributed by atoms with van der Waals surface area (Å²) >= 11 is 0. The quantitative estimate of drug-likeness (QED) is 0.497. The van der Waals surface area contributed by atoms with E-state index in [9.17, 15) is 14.7 Å². The van der Waals surface area contributed by atoms with Gasteiger partial charge in [0.2, 0.25) is 11.4 Å². The molecule has 6 heteroatoms. The number of hydrogen-bond acceptors (Lipinski definition) is 5. The Kier molecular flexibility index (Phi) is 3.33. The lowest BCUT2D eigenvalue weighted by atomic mass is 9.64. The molecule has 2 saturated heterocycles. The highest BCUT2D eigenvalue weighted by atomic mass is 16.6. The number of carbonyl (C=O) groups is 2. The Morgan fingerprint density at radius 3 is 2.86 bits per heavy atom. The molecule has 116 valence electrons. The van der Waals surface area contributed by atoms with Crippen molar-refractivity contribution in [2.75, 3.05) is 6.61 Å². The second-order valence-electron chi connectivity index (χ2n) is 6.33. The number of aliphatic hydroxyl groups excluding tert-OH is 2. The standard InChI is InChI=1S/C15H21NO5/c1-14-10(7-8-17)12(19)16-15(14,13(20)21-14)11(18)9-5-3-2-4-6-9/h3,5,9-11,17-18H,2,4,6-8H2,1H3,(H,16,19)/t9-,10+,11?,14+,15+/m1/s1. The summed E-state index contributed by atoms with van der Waals surface area (Å²) in [6.07, 6.45) is 5.82. The van der Waals surface area contributed by atoms with Gasteiger partial charge in [0, 0.05) is 12.5 Å². The maximum Gasteiger partial charge on any atom is 0.339 e. The fraction of sp³-hybridized carbons (Fsp3) is 0.733. The van der Waals surface area contributed by atoms with Crippen molar-refractivity contribution in [2.24, 2.45) is 11.8 Å². The van der Waals surface area contributed by atoms with E-state index in [4.69, 9.17) is 9.84 Å². The summed E-state index contributed by atoms with van der Waals surface area (Å²) in [5.41, 5.74) is -2.47. The molecule has 2 fully saturated rings. The van der Waals surface area contributed by atoms with Crippen molar-refractivity contribution in [3.63, 3.8) is 0 Å². The molecular weight excluding hydrogens is 274 g/mol. The third kappa shape index (κ3) is 1.72. The van der Waals surface area contributed by atoms with Crippen LogP contribution in [0.4, 0.5) is 0 Å². The molecule has 1 unspecified atom stereocenters. The van der Waals surface area contributed by atoms with Crippen LogP contribution in [0, 0.1) is 11.8 Å². The van der Waals surface area contributed by atoms with Crippen LogP contribution in [0.3, 0.4) is 0 Å². The maximum atomic E-state index is 12.2. The number of amides is 1. The Labute approximate surface area is 123 Å². The van der Waals surface area contributed by atoms with Gasteiger partial charge < -0.3 is 20.3 Å². The van der Waals surface area contributed by atoms with Crippen LogP contribution in [-0.2, 0) is 14.3 Å². The predicted octanol–water partition coefficient (Wildman–Crippen LogP) is -0.114. The third-order valence-electron chi connectivity index (χ3n) is 5.27. The molecule has 0 bridgehead atoms. The first kappa shape index (κ1) is 14.5. The lowest BCUT2D eigenvalue weighted by Crippen LogP contribution is -2.80. The second-order valence-corrected chi connectivity index (χ2v) is 6.33. The highest BCUT2D eigenvalue weighted by Crippen LogP contribution is 2.53. The molecule has 1 amide bonds. The van der Waals surface area contributed by atoms with Crippen molar-refractivity contribution in [3.05, 3.63) is 12.2 Å². The largest absolute Gasteiger partial charge is 0.453 e. The topological polar surface area (TPSA) is 95.9 Å². The number of rotatable bonds is 4. The molecule has 0 aromatic rings. The third-order valence-corrected chi connectivity index (χ3v) is 5.27.